The fourth-order valence-corrected chi connectivity index (χ4v) is 2.05. The van der Waals surface area contributed by atoms with Crippen molar-refractivity contribution in [2.75, 3.05) is 0 Å². The van der Waals surface area contributed by atoms with E-state index < -0.39 is 0 Å². The normalized spacial score (nSPS) is 9.59. The van der Waals surface area contributed by atoms with Gasteiger partial charge in [0.1, 0.15) is 17.4 Å². The maximum absolute atomic E-state index is 10.6. The van der Waals surface area contributed by atoms with Gasteiger partial charge in [0.05, 0.1) is 11.8 Å². The van der Waals surface area contributed by atoms with Gasteiger partial charge in [-0.1, -0.05) is 17.8 Å². The molecule has 0 N–H and O–H groups in total. The number of benzene rings is 1. The third kappa shape index (κ3) is 2.68. The summed E-state index contributed by atoms with van der Waals surface area (Å²) in [5.41, 5.74) is 0.954. The lowest BCUT2D eigenvalue weighted by Gasteiger charge is -2.02. The number of aromatic nitrogens is 2. The summed E-state index contributed by atoms with van der Waals surface area (Å²) in [5.74, 6) is 0. The van der Waals surface area contributed by atoms with E-state index >= 15 is 0 Å². The number of rotatable bonds is 3. The number of hydrogen-bond donors (Lipinski definition) is 0. The summed E-state index contributed by atoms with van der Waals surface area (Å²) in [6.45, 7) is 0. The highest BCUT2D eigenvalue weighted by atomic mass is 32.2. The molecule has 0 aliphatic carbocycles. The summed E-state index contributed by atoms with van der Waals surface area (Å²) in [6.07, 6.45) is 5.52. The molecule has 0 atom stereocenters. The van der Waals surface area contributed by atoms with Crippen LogP contribution >= 0.6 is 11.8 Å². The van der Waals surface area contributed by atoms with Gasteiger partial charge >= 0.3 is 0 Å². The molecule has 0 saturated heterocycles. The van der Waals surface area contributed by atoms with E-state index in [2.05, 4.69) is 16.0 Å². The molecule has 2 aromatic rings. The lowest BCUT2D eigenvalue weighted by atomic mass is 10.1. The van der Waals surface area contributed by atoms with Crippen LogP contribution in [0.5, 0.6) is 0 Å². The summed E-state index contributed by atoms with van der Waals surface area (Å²) in [5, 5.41) is 9.71. The van der Waals surface area contributed by atoms with E-state index in [1.807, 2.05) is 0 Å². The Balaban J connectivity index is 2.34. The maximum Gasteiger partial charge on any atom is 0.150 e. The zero-order chi connectivity index (χ0) is 12.1. The number of aldehydes is 1. The molecule has 5 heteroatoms. The lowest BCUT2D eigenvalue weighted by molar-refractivity contribution is 0.112. The second kappa shape index (κ2) is 5.23. The average Bonchev–Trinajstić information content (AvgIpc) is 2.40. The number of nitrogens with zero attached hydrogens (tertiary/aromatic N) is 3. The van der Waals surface area contributed by atoms with Crippen LogP contribution in [-0.4, -0.2) is 16.3 Å². The second-order valence-corrected chi connectivity index (χ2v) is 4.19. The number of carbonyl (C=O) groups excluding carboxylic acids is 1. The van der Waals surface area contributed by atoms with Crippen LogP contribution in [0, 0.1) is 11.3 Å². The van der Waals surface area contributed by atoms with Gasteiger partial charge in [-0.15, -0.1) is 0 Å². The first-order valence-corrected chi connectivity index (χ1v) is 5.58. The minimum atomic E-state index is 0.463. The standard InChI is InChI=1S/C12H7N3OS/c13-6-10-5-9(8-16)1-2-11(10)17-12-7-14-3-4-15-12/h1-5,7-8H. The molecule has 1 aromatic heterocycles. The molecular weight excluding hydrogens is 234 g/mol. The predicted octanol–water partition coefficient (Wildman–Crippen LogP) is 2.31. The predicted molar refractivity (Wildman–Crippen MR) is 62.7 cm³/mol. The van der Waals surface area contributed by atoms with E-state index in [0.717, 1.165) is 11.2 Å². The van der Waals surface area contributed by atoms with Crippen molar-refractivity contribution < 1.29 is 4.79 Å². The molecule has 0 aliphatic heterocycles. The van der Waals surface area contributed by atoms with Gasteiger partial charge in [-0.05, 0) is 12.1 Å². The highest BCUT2D eigenvalue weighted by Crippen LogP contribution is 2.28. The van der Waals surface area contributed by atoms with Crippen molar-refractivity contribution in [1.29, 1.82) is 5.26 Å². The van der Waals surface area contributed by atoms with Crippen molar-refractivity contribution in [3.05, 3.63) is 47.9 Å². The third-order valence-corrected chi connectivity index (χ3v) is 3.01. The van der Waals surface area contributed by atoms with E-state index in [9.17, 15) is 4.79 Å². The molecule has 2 rings (SSSR count). The summed E-state index contributed by atoms with van der Waals surface area (Å²) >= 11 is 1.35. The highest BCUT2D eigenvalue weighted by Gasteiger charge is 2.06. The van der Waals surface area contributed by atoms with Gasteiger partial charge < -0.3 is 0 Å². The van der Waals surface area contributed by atoms with Crippen molar-refractivity contribution in [2.24, 2.45) is 0 Å². The van der Waals surface area contributed by atoms with Crippen LogP contribution in [0.1, 0.15) is 15.9 Å². The van der Waals surface area contributed by atoms with E-state index in [1.54, 1.807) is 36.8 Å². The average molecular weight is 241 g/mol. The molecule has 0 radical (unpaired) electrons. The Labute approximate surface area is 102 Å². The van der Waals surface area contributed by atoms with Crippen LogP contribution in [0.15, 0.2) is 46.7 Å². The Morgan fingerprint density at radius 3 is 2.88 bits per heavy atom. The second-order valence-electron chi connectivity index (χ2n) is 3.13. The third-order valence-electron chi connectivity index (χ3n) is 2.01. The fraction of sp³-hybridized carbons (Fsp3) is 0. The first kappa shape index (κ1) is 11.3. The van der Waals surface area contributed by atoms with E-state index in [1.165, 1.54) is 11.8 Å². The quantitative estimate of drug-likeness (QED) is 0.771. The van der Waals surface area contributed by atoms with Crippen LogP contribution in [0.25, 0.3) is 0 Å². The number of carbonyl (C=O) groups is 1. The molecule has 0 amide bonds. The Kier molecular flexibility index (Phi) is 3.48. The lowest BCUT2D eigenvalue weighted by Crippen LogP contribution is -1.87. The molecule has 1 heterocycles. The van der Waals surface area contributed by atoms with Gasteiger partial charge in [-0.3, -0.25) is 9.78 Å². The van der Waals surface area contributed by atoms with Crippen molar-refractivity contribution in [1.82, 2.24) is 9.97 Å². The van der Waals surface area contributed by atoms with E-state index in [-0.39, 0.29) is 0 Å². The Bertz CT molecular complexity index is 578. The zero-order valence-corrected chi connectivity index (χ0v) is 9.52. The Hall–Kier alpha value is -2.19. The van der Waals surface area contributed by atoms with Crippen LogP contribution in [0.2, 0.25) is 0 Å². The van der Waals surface area contributed by atoms with Crippen LogP contribution in [-0.2, 0) is 0 Å². The van der Waals surface area contributed by atoms with Crippen molar-refractivity contribution in [3.63, 3.8) is 0 Å². The number of nitriles is 1. The first-order chi connectivity index (χ1) is 8.33. The minimum Gasteiger partial charge on any atom is -0.298 e. The maximum atomic E-state index is 10.6. The largest absolute Gasteiger partial charge is 0.298 e. The van der Waals surface area contributed by atoms with Gasteiger partial charge in [-0.2, -0.15) is 5.26 Å². The summed E-state index contributed by atoms with van der Waals surface area (Å²) in [6, 6.07) is 7.03. The van der Waals surface area contributed by atoms with Gasteiger partial charge in [0.15, 0.2) is 0 Å². The van der Waals surface area contributed by atoms with Crippen molar-refractivity contribution in [3.8, 4) is 6.07 Å². The van der Waals surface area contributed by atoms with Crippen LogP contribution in [0.3, 0.4) is 0 Å². The fourth-order valence-electron chi connectivity index (χ4n) is 1.25. The van der Waals surface area contributed by atoms with Crippen LogP contribution in [0.4, 0.5) is 0 Å². The van der Waals surface area contributed by atoms with Gasteiger partial charge in [0.2, 0.25) is 0 Å². The van der Waals surface area contributed by atoms with Gasteiger partial charge in [-0.25, -0.2) is 4.98 Å². The first-order valence-electron chi connectivity index (χ1n) is 4.76. The summed E-state index contributed by atoms with van der Waals surface area (Å²) < 4.78 is 0. The molecule has 4 nitrogen and oxygen atoms in total. The molecule has 0 aliphatic rings. The summed E-state index contributed by atoms with van der Waals surface area (Å²) in [4.78, 5) is 19.4. The molecule has 17 heavy (non-hydrogen) atoms. The van der Waals surface area contributed by atoms with Crippen LogP contribution < -0.4 is 0 Å². The minimum absolute atomic E-state index is 0.463. The molecule has 0 spiro atoms. The SMILES string of the molecule is N#Cc1cc(C=O)ccc1Sc1cnccn1. The topological polar surface area (TPSA) is 66.6 Å². The molecule has 0 saturated carbocycles. The van der Waals surface area contributed by atoms with E-state index in [0.29, 0.717) is 16.2 Å². The van der Waals surface area contributed by atoms with Crippen molar-refractivity contribution in [2.45, 2.75) is 9.92 Å². The zero-order valence-electron chi connectivity index (χ0n) is 8.70. The van der Waals surface area contributed by atoms with Gasteiger partial charge in [0.25, 0.3) is 0 Å². The highest BCUT2D eigenvalue weighted by molar-refractivity contribution is 7.99. The molecule has 1 aromatic carbocycles. The molecule has 0 bridgehead atoms. The van der Waals surface area contributed by atoms with Gasteiger partial charge in [0, 0.05) is 22.9 Å². The smallest absolute Gasteiger partial charge is 0.150 e. The molecule has 0 unspecified atom stereocenters. The number of hydrogen-bond acceptors (Lipinski definition) is 5. The Morgan fingerprint density at radius 2 is 2.24 bits per heavy atom. The summed E-state index contributed by atoms with van der Waals surface area (Å²) in [7, 11) is 0. The van der Waals surface area contributed by atoms with E-state index in [4.69, 9.17) is 5.26 Å². The Morgan fingerprint density at radius 1 is 1.35 bits per heavy atom. The van der Waals surface area contributed by atoms with Crippen molar-refractivity contribution >= 4 is 18.0 Å². The monoisotopic (exact) mass is 241 g/mol. The molecule has 0 fully saturated rings. The molecule has 82 valence electrons. The molecular formula is C12H7N3OS.